The first-order chi connectivity index (χ1) is 14.5. The zero-order valence-corrected chi connectivity index (χ0v) is 17.8. The fourth-order valence-electron chi connectivity index (χ4n) is 4.67. The van der Waals surface area contributed by atoms with Crippen LogP contribution in [-0.4, -0.2) is 30.2 Å². The third-order valence-corrected chi connectivity index (χ3v) is 7.55. The maximum Gasteiger partial charge on any atom is 0.341 e. The second-order valence-electron chi connectivity index (χ2n) is 8.13. The molecule has 2 aliphatic carbocycles. The molecular formula is C23H24N2O4S. The number of pyridine rings is 1. The number of carboxylic acids is 1. The van der Waals surface area contributed by atoms with Crippen molar-refractivity contribution in [3.8, 4) is 16.2 Å². The molecule has 1 unspecified atom stereocenters. The molecule has 3 aromatic rings. The lowest BCUT2D eigenvalue weighted by atomic mass is 9.92. The molecule has 3 N–H and O–H groups in total. The topological polar surface area (TPSA) is 91.4 Å². The maximum absolute atomic E-state index is 12.9. The summed E-state index contributed by atoms with van der Waals surface area (Å²) in [6, 6.07) is 4.54. The number of thiophene rings is 1. The normalized spacial score (nSPS) is 18.4. The molecule has 1 saturated carbocycles. The van der Waals surface area contributed by atoms with Crippen LogP contribution in [0.3, 0.4) is 0 Å². The second-order valence-corrected chi connectivity index (χ2v) is 9.27. The molecule has 0 radical (unpaired) electrons. The van der Waals surface area contributed by atoms with Crippen LogP contribution in [0.4, 0.5) is 0 Å². The molecule has 0 aliphatic heterocycles. The first kappa shape index (κ1) is 19.3. The summed E-state index contributed by atoms with van der Waals surface area (Å²) in [7, 11) is 3.62. The Morgan fingerprint density at radius 3 is 2.73 bits per heavy atom. The van der Waals surface area contributed by atoms with Gasteiger partial charge in [0, 0.05) is 27.6 Å². The minimum absolute atomic E-state index is 0.248. The molecule has 1 atom stereocenters. The van der Waals surface area contributed by atoms with Crippen molar-refractivity contribution in [1.29, 1.82) is 0 Å². The summed E-state index contributed by atoms with van der Waals surface area (Å²) in [6.07, 6.45) is 6.81. The fourth-order valence-corrected chi connectivity index (χ4v) is 6.00. The zero-order valence-electron chi connectivity index (χ0n) is 17.0. The van der Waals surface area contributed by atoms with Gasteiger partial charge < -0.3 is 20.1 Å². The highest BCUT2D eigenvalue weighted by molar-refractivity contribution is 7.15. The molecule has 2 aromatic heterocycles. The lowest BCUT2D eigenvalue weighted by molar-refractivity contribution is 0.0695. The largest absolute Gasteiger partial charge is 0.494 e. The van der Waals surface area contributed by atoms with E-state index in [1.165, 1.54) is 23.1 Å². The standard InChI is InChI=1S/C23H24N2O4S/c1-24-16-4-3-5-17-13(16)9-18(30-17)19-12(11-6-7-11)8-14-20(22(19)29-2)25-10-15(21(14)26)23(27)28/h8-11,16,24H,3-7H2,1-2H3,(H,25,26)(H,27,28). The first-order valence-corrected chi connectivity index (χ1v) is 11.1. The number of fused-ring (bicyclic) bond motifs is 2. The number of carbonyl (C=O) groups is 1. The first-order valence-electron chi connectivity index (χ1n) is 10.3. The van der Waals surface area contributed by atoms with E-state index in [1.54, 1.807) is 7.11 Å². The van der Waals surface area contributed by atoms with Gasteiger partial charge in [0.1, 0.15) is 5.56 Å². The molecule has 1 fully saturated rings. The summed E-state index contributed by atoms with van der Waals surface area (Å²) in [5, 5.41) is 13.2. The van der Waals surface area contributed by atoms with Crippen LogP contribution in [0.15, 0.2) is 23.1 Å². The number of methoxy groups -OCH3 is 1. The number of hydrogen-bond acceptors (Lipinski definition) is 5. The lowest BCUT2D eigenvalue weighted by Crippen LogP contribution is -2.19. The molecule has 0 bridgehead atoms. The molecule has 6 nitrogen and oxygen atoms in total. The SMILES string of the molecule is CNC1CCCc2sc(-c3c(C4CC4)cc4c(=O)c(C(=O)O)c[nH]c4c3OC)cc21. The highest BCUT2D eigenvalue weighted by Crippen LogP contribution is 2.52. The number of H-pyrrole nitrogens is 1. The average molecular weight is 425 g/mol. The lowest BCUT2D eigenvalue weighted by Gasteiger charge is -2.21. The summed E-state index contributed by atoms with van der Waals surface area (Å²) in [6.45, 7) is 0. The van der Waals surface area contributed by atoms with Crippen molar-refractivity contribution in [2.75, 3.05) is 14.2 Å². The minimum atomic E-state index is -1.22. The van der Waals surface area contributed by atoms with Gasteiger partial charge in [-0.05, 0) is 68.3 Å². The Balaban J connectivity index is 1.79. The van der Waals surface area contributed by atoms with Crippen LogP contribution in [0.2, 0.25) is 0 Å². The molecule has 1 aromatic carbocycles. The summed E-state index contributed by atoms with van der Waals surface area (Å²) < 4.78 is 5.85. The van der Waals surface area contributed by atoms with E-state index in [0.717, 1.165) is 41.7 Å². The van der Waals surface area contributed by atoms with Crippen LogP contribution < -0.4 is 15.5 Å². The predicted molar refractivity (Wildman–Crippen MR) is 118 cm³/mol. The van der Waals surface area contributed by atoms with Crippen molar-refractivity contribution in [3.63, 3.8) is 0 Å². The van der Waals surface area contributed by atoms with Crippen molar-refractivity contribution in [2.24, 2.45) is 0 Å². The molecule has 2 aliphatic rings. The number of aryl methyl sites for hydroxylation is 1. The second kappa shape index (κ2) is 7.25. The van der Waals surface area contributed by atoms with Gasteiger partial charge in [-0.2, -0.15) is 0 Å². The number of nitrogens with one attached hydrogen (secondary N) is 2. The average Bonchev–Trinajstić information content (AvgIpc) is 3.50. The third kappa shape index (κ3) is 2.96. The molecule has 0 spiro atoms. The number of aromatic nitrogens is 1. The molecule has 5 rings (SSSR count). The number of aromatic carboxylic acids is 1. The fraction of sp³-hybridized carbons (Fsp3) is 0.391. The van der Waals surface area contributed by atoms with Crippen LogP contribution >= 0.6 is 11.3 Å². The van der Waals surface area contributed by atoms with E-state index in [4.69, 9.17) is 4.74 Å². The van der Waals surface area contributed by atoms with Crippen molar-refractivity contribution in [2.45, 2.75) is 44.1 Å². The van der Waals surface area contributed by atoms with Gasteiger partial charge in [0.25, 0.3) is 0 Å². The van der Waals surface area contributed by atoms with Gasteiger partial charge in [-0.3, -0.25) is 4.79 Å². The van der Waals surface area contributed by atoms with Crippen molar-refractivity contribution in [1.82, 2.24) is 10.3 Å². The van der Waals surface area contributed by atoms with Gasteiger partial charge in [0.15, 0.2) is 5.75 Å². The molecule has 30 heavy (non-hydrogen) atoms. The quantitative estimate of drug-likeness (QED) is 0.563. The van der Waals surface area contributed by atoms with E-state index in [9.17, 15) is 14.7 Å². The van der Waals surface area contributed by atoms with Crippen LogP contribution in [0.25, 0.3) is 21.3 Å². The molecule has 7 heteroatoms. The van der Waals surface area contributed by atoms with E-state index < -0.39 is 11.4 Å². The Hall–Kier alpha value is -2.64. The Morgan fingerprint density at radius 1 is 1.27 bits per heavy atom. The van der Waals surface area contributed by atoms with E-state index in [2.05, 4.69) is 16.4 Å². The van der Waals surface area contributed by atoms with E-state index in [-0.39, 0.29) is 5.56 Å². The van der Waals surface area contributed by atoms with E-state index in [1.807, 2.05) is 24.5 Å². The number of carboxylic acid groups (broad SMARTS) is 1. The monoisotopic (exact) mass is 424 g/mol. The maximum atomic E-state index is 12.9. The zero-order chi connectivity index (χ0) is 21.0. The number of ether oxygens (including phenoxy) is 1. The Morgan fingerprint density at radius 2 is 2.07 bits per heavy atom. The van der Waals surface area contributed by atoms with Crippen LogP contribution in [-0.2, 0) is 6.42 Å². The summed E-state index contributed by atoms with van der Waals surface area (Å²) in [5.74, 6) is -0.216. The molecular weight excluding hydrogens is 400 g/mol. The minimum Gasteiger partial charge on any atom is -0.494 e. The molecule has 156 valence electrons. The number of hydrogen-bond donors (Lipinski definition) is 3. The molecule has 0 saturated heterocycles. The van der Waals surface area contributed by atoms with Gasteiger partial charge >= 0.3 is 5.97 Å². The number of aromatic amines is 1. The predicted octanol–water partition coefficient (Wildman–Crippen LogP) is 4.44. The highest BCUT2D eigenvalue weighted by atomic mass is 32.1. The number of rotatable bonds is 5. The van der Waals surface area contributed by atoms with Crippen molar-refractivity contribution < 1.29 is 14.6 Å². The van der Waals surface area contributed by atoms with Crippen LogP contribution in [0.5, 0.6) is 5.75 Å². The van der Waals surface area contributed by atoms with Crippen molar-refractivity contribution in [3.05, 3.63) is 50.1 Å². The molecule has 2 heterocycles. The van der Waals surface area contributed by atoms with Gasteiger partial charge in [-0.25, -0.2) is 4.79 Å². The van der Waals surface area contributed by atoms with Crippen LogP contribution in [0, 0.1) is 0 Å². The van der Waals surface area contributed by atoms with E-state index in [0.29, 0.717) is 28.6 Å². The Bertz CT molecular complexity index is 1220. The molecule has 0 amide bonds. The van der Waals surface area contributed by atoms with Gasteiger partial charge in [-0.1, -0.05) is 0 Å². The Kier molecular flexibility index (Phi) is 4.67. The summed E-state index contributed by atoms with van der Waals surface area (Å²) in [4.78, 5) is 29.9. The van der Waals surface area contributed by atoms with Gasteiger partial charge in [0.2, 0.25) is 5.43 Å². The number of benzene rings is 1. The third-order valence-electron chi connectivity index (χ3n) is 6.32. The van der Waals surface area contributed by atoms with Gasteiger partial charge in [0.05, 0.1) is 18.0 Å². The van der Waals surface area contributed by atoms with E-state index >= 15 is 0 Å². The van der Waals surface area contributed by atoms with Gasteiger partial charge in [-0.15, -0.1) is 11.3 Å². The highest BCUT2D eigenvalue weighted by Gasteiger charge is 2.32. The smallest absolute Gasteiger partial charge is 0.341 e. The van der Waals surface area contributed by atoms with Crippen molar-refractivity contribution >= 4 is 28.2 Å². The summed E-state index contributed by atoms with van der Waals surface area (Å²) >= 11 is 1.81. The Labute approximate surface area is 177 Å². The van der Waals surface area contributed by atoms with Crippen LogP contribution in [0.1, 0.15) is 64.0 Å². The summed E-state index contributed by atoms with van der Waals surface area (Å²) in [5.41, 5.74) is 3.34.